The molecule has 0 saturated carbocycles. The van der Waals surface area contributed by atoms with E-state index in [1.165, 1.54) is 28.7 Å². The smallest absolute Gasteiger partial charge is 0.235 e. The summed E-state index contributed by atoms with van der Waals surface area (Å²) in [6, 6.07) is 17.0. The molecule has 0 radical (unpaired) electrons. The van der Waals surface area contributed by atoms with Gasteiger partial charge < -0.3 is 5.32 Å². The highest BCUT2D eigenvalue weighted by atomic mass is 32.2. The van der Waals surface area contributed by atoms with E-state index in [0.29, 0.717) is 27.1 Å². The number of carbonyl (C=O) groups excluding carboxylic acids is 1. The van der Waals surface area contributed by atoms with Gasteiger partial charge in [-0.2, -0.15) is 10.5 Å². The van der Waals surface area contributed by atoms with Gasteiger partial charge in [0.15, 0.2) is 0 Å². The number of carbonyl (C=O) groups is 1. The van der Waals surface area contributed by atoms with Gasteiger partial charge in [-0.05, 0) is 59.8 Å². The van der Waals surface area contributed by atoms with E-state index in [0.717, 1.165) is 67.0 Å². The number of anilines is 1. The van der Waals surface area contributed by atoms with Gasteiger partial charge in [0.1, 0.15) is 22.2 Å². The number of amides is 1. The first-order valence-corrected chi connectivity index (χ1v) is 15.2. The summed E-state index contributed by atoms with van der Waals surface area (Å²) in [5.41, 5.74) is 5.89. The highest BCUT2D eigenvalue weighted by molar-refractivity contribution is 8.00. The lowest BCUT2D eigenvalue weighted by atomic mass is 9.71. The number of aromatic nitrogens is 1. The number of hydrogen-bond donors (Lipinski definition) is 1. The molecule has 0 bridgehead atoms. The van der Waals surface area contributed by atoms with Gasteiger partial charge in [0.05, 0.1) is 16.9 Å². The van der Waals surface area contributed by atoms with Crippen LogP contribution < -0.4 is 5.32 Å². The number of nitrogens with zero attached hydrogens (tertiary/aromatic N) is 4. The molecule has 1 amide bonds. The number of fused-ring (bicyclic) bond motifs is 2. The van der Waals surface area contributed by atoms with Gasteiger partial charge in [0.2, 0.25) is 5.91 Å². The normalized spacial score (nSPS) is 17.0. The maximum absolute atomic E-state index is 13.0. The fraction of sp³-hybridized carbons (Fsp3) is 0.419. The van der Waals surface area contributed by atoms with Gasteiger partial charge >= 0.3 is 0 Å². The summed E-state index contributed by atoms with van der Waals surface area (Å²) in [4.78, 5) is 21.3. The molecule has 5 rings (SSSR count). The molecule has 6 nitrogen and oxygen atoms in total. The van der Waals surface area contributed by atoms with Gasteiger partial charge in [-0.3, -0.25) is 9.69 Å². The predicted octanol–water partition coefficient (Wildman–Crippen LogP) is 6.33. The molecule has 3 heterocycles. The van der Waals surface area contributed by atoms with E-state index in [2.05, 4.69) is 67.4 Å². The fourth-order valence-corrected chi connectivity index (χ4v) is 7.54. The van der Waals surface area contributed by atoms with Crippen LogP contribution in [-0.2, 0) is 37.1 Å². The summed E-state index contributed by atoms with van der Waals surface area (Å²) in [5.74, 6) is 0.519. The van der Waals surface area contributed by atoms with Crippen LogP contribution in [0.5, 0.6) is 0 Å². The van der Waals surface area contributed by atoms with E-state index < -0.39 is 0 Å². The quantitative estimate of drug-likeness (QED) is 0.358. The molecule has 0 fully saturated rings. The summed E-state index contributed by atoms with van der Waals surface area (Å²) in [6.45, 7) is 9.33. The van der Waals surface area contributed by atoms with Crippen molar-refractivity contribution in [1.29, 1.82) is 10.5 Å². The molecule has 200 valence electrons. The molecular formula is C31H33N5OS2. The van der Waals surface area contributed by atoms with Crippen molar-refractivity contribution < 1.29 is 4.79 Å². The summed E-state index contributed by atoms with van der Waals surface area (Å²) >= 11 is 2.80. The van der Waals surface area contributed by atoms with Gasteiger partial charge in [0, 0.05) is 30.2 Å². The topological polar surface area (TPSA) is 92.8 Å². The molecule has 3 aromatic rings. The average molecular weight is 556 g/mol. The zero-order valence-corrected chi connectivity index (χ0v) is 24.3. The SMILES string of the molecule is CC(C)(C)C1CCc2nc(SCC(=O)Nc3sc4c(c3C#N)CCN(Cc3ccccc3)C4)c(C#N)cc2C1. The average Bonchev–Trinajstić information content (AvgIpc) is 3.26. The Morgan fingerprint density at radius 2 is 2.00 bits per heavy atom. The first-order chi connectivity index (χ1) is 18.7. The van der Waals surface area contributed by atoms with Crippen LogP contribution in [0.3, 0.4) is 0 Å². The van der Waals surface area contributed by atoms with Crippen LogP contribution in [0.15, 0.2) is 41.4 Å². The Balaban J connectivity index is 1.24. The molecule has 2 aromatic heterocycles. The highest BCUT2D eigenvalue weighted by Crippen LogP contribution is 2.39. The monoisotopic (exact) mass is 555 g/mol. The number of benzene rings is 1. The molecule has 1 atom stereocenters. The van der Waals surface area contributed by atoms with E-state index in [4.69, 9.17) is 4.98 Å². The molecule has 2 aliphatic rings. The number of nitriles is 2. The lowest BCUT2D eigenvalue weighted by molar-refractivity contribution is -0.113. The van der Waals surface area contributed by atoms with Crippen molar-refractivity contribution in [2.45, 2.75) is 64.6 Å². The van der Waals surface area contributed by atoms with Crippen LogP contribution in [0.1, 0.15) is 65.6 Å². The van der Waals surface area contributed by atoms with Gasteiger partial charge in [-0.15, -0.1) is 11.3 Å². The van der Waals surface area contributed by atoms with Crippen molar-refractivity contribution >= 4 is 34.0 Å². The largest absolute Gasteiger partial charge is 0.316 e. The molecule has 1 unspecified atom stereocenters. The Morgan fingerprint density at radius 1 is 1.21 bits per heavy atom. The number of hydrogen-bond acceptors (Lipinski definition) is 7. The minimum Gasteiger partial charge on any atom is -0.316 e. The molecular weight excluding hydrogens is 523 g/mol. The van der Waals surface area contributed by atoms with Crippen molar-refractivity contribution in [2.24, 2.45) is 11.3 Å². The summed E-state index contributed by atoms with van der Waals surface area (Å²) in [5, 5.41) is 23.9. The Morgan fingerprint density at radius 3 is 2.72 bits per heavy atom. The van der Waals surface area contributed by atoms with Gasteiger partial charge in [-0.25, -0.2) is 4.98 Å². The Hall–Kier alpha value is -3.17. The van der Waals surface area contributed by atoms with Crippen LogP contribution >= 0.6 is 23.1 Å². The van der Waals surface area contributed by atoms with Gasteiger partial charge in [0.25, 0.3) is 0 Å². The first-order valence-electron chi connectivity index (χ1n) is 13.4. The molecule has 1 aliphatic carbocycles. The van der Waals surface area contributed by atoms with E-state index in [9.17, 15) is 15.3 Å². The zero-order chi connectivity index (χ0) is 27.6. The van der Waals surface area contributed by atoms with Crippen LogP contribution in [0.2, 0.25) is 0 Å². The third-order valence-corrected chi connectivity index (χ3v) is 9.91. The first kappa shape index (κ1) is 27.4. The van der Waals surface area contributed by atoms with E-state index >= 15 is 0 Å². The molecule has 1 aromatic carbocycles. The highest BCUT2D eigenvalue weighted by Gasteiger charge is 2.30. The Kier molecular flexibility index (Phi) is 8.09. The number of thiophene rings is 1. The second-order valence-electron chi connectivity index (χ2n) is 11.5. The number of pyridine rings is 1. The molecule has 0 spiro atoms. The lowest BCUT2D eigenvalue weighted by Gasteiger charge is -2.34. The number of rotatable bonds is 6. The third-order valence-electron chi connectivity index (χ3n) is 7.79. The number of thioether (sulfide) groups is 1. The Labute approximate surface area is 239 Å². The molecule has 8 heteroatoms. The zero-order valence-electron chi connectivity index (χ0n) is 22.7. The van der Waals surface area contributed by atoms with Crippen molar-refractivity contribution in [3.63, 3.8) is 0 Å². The van der Waals surface area contributed by atoms with Crippen LogP contribution in [0.25, 0.3) is 0 Å². The molecule has 1 aliphatic heterocycles. The predicted molar refractivity (Wildman–Crippen MR) is 157 cm³/mol. The number of nitrogens with one attached hydrogen (secondary N) is 1. The summed E-state index contributed by atoms with van der Waals surface area (Å²) in [7, 11) is 0. The van der Waals surface area contributed by atoms with Crippen molar-refractivity contribution in [1.82, 2.24) is 9.88 Å². The maximum Gasteiger partial charge on any atom is 0.235 e. The molecule has 1 N–H and O–H groups in total. The minimum atomic E-state index is -0.188. The second kappa shape index (κ2) is 11.5. The van der Waals surface area contributed by atoms with Crippen LogP contribution in [0, 0.1) is 34.0 Å². The summed E-state index contributed by atoms with van der Waals surface area (Å²) in [6.07, 6.45) is 3.72. The van der Waals surface area contributed by atoms with Crippen LogP contribution in [0.4, 0.5) is 5.00 Å². The van der Waals surface area contributed by atoms with Crippen molar-refractivity contribution in [2.75, 3.05) is 17.6 Å². The molecule has 0 saturated heterocycles. The van der Waals surface area contributed by atoms with Crippen molar-refractivity contribution in [3.8, 4) is 12.1 Å². The van der Waals surface area contributed by atoms with E-state index in [1.54, 1.807) is 0 Å². The van der Waals surface area contributed by atoms with Crippen molar-refractivity contribution in [3.05, 3.63) is 74.8 Å². The second-order valence-corrected chi connectivity index (χ2v) is 13.5. The fourth-order valence-electron chi connectivity index (χ4n) is 5.51. The third kappa shape index (κ3) is 6.20. The standard InChI is InChI=1S/C31H33N5OS2/c1-31(2,3)23-9-10-26-21(14-23)13-22(15-32)29(34-26)38-19-28(37)35-30-25(16-33)24-11-12-36(18-27(24)39-30)17-20-7-5-4-6-8-20/h4-8,13,23H,9-12,14,17-19H2,1-3H3,(H,35,37). The van der Waals surface area contributed by atoms with Gasteiger partial charge in [-0.1, -0.05) is 62.9 Å². The number of aryl methyl sites for hydroxylation is 1. The summed E-state index contributed by atoms with van der Waals surface area (Å²) < 4.78 is 0. The minimum absolute atomic E-state index is 0.138. The van der Waals surface area contributed by atoms with E-state index in [1.807, 2.05) is 12.1 Å². The van der Waals surface area contributed by atoms with E-state index in [-0.39, 0.29) is 17.1 Å². The Bertz CT molecular complexity index is 1460. The maximum atomic E-state index is 13.0. The molecule has 39 heavy (non-hydrogen) atoms. The lowest BCUT2D eigenvalue weighted by Crippen LogP contribution is -2.29. The van der Waals surface area contributed by atoms with Crippen LogP contribution in [-0.4, -0.2) is 28.1 Å².